The van der Waals surface area contributed by atoms with Crippen LogP contribution in [0.15, 0.2) is 97.1 Å². The van der Waals surface area contributed by atoms with Crippen molar-refractivity contribution in [2.45, 2.75) is 45.4 Å². The fourth-order valence-corrected chi connectivity index (χ4v) is 6.67. The first kappa shape index (κ1) is 23.4. The summed E-state index contributed by atoms with van der Waals surface area (Å²) < 4.78 is 13.0. The van der Waals surface area contributed by atoms with Crippen molar-refractivity contribution in [1.82, 2.24) is 0 Å². The second-order valence-electron chi connectivity index (χ2n) is 11.8. The Hall–Kier alpha value is -4.50. The third kappa shape index (κ3) is 3.18. The van der Waals surface area contributed by atoms with Crippen LogP contribution < -0.4 is 14.4 Å². The molecule has 0 saturated heterocycles. The number of ether oxygens (including phenoxy) is 2. The highest BCUT2D eigenvalue weighted by Gasteiger charge is 2.37. The van der Waals surface area contributed by atoms with Crippen LogP contribution >= 0.6 is 0 Å². The molecule has 0 N–H and O–H groups in total. The van der Waals surface area contributed by atoms with Gasteiger partial charge in [0.15, 0.2) is 23.0 Å². The molecule has 3 aliphatic rings. The topological polar surface area (TPSA) is 21.7 Å². The lowest BCUT2D eigenvalue weighted by atomic mass is 9.80. The Balaban J connectivity index is 1.27. The summed E-state index contributed by atoms with van der Waals surface area (Å²) in [4.78, 5) is 2.27. The lowest BCUT2D eigenvalue weighted by Gasteiger charge is -2.38. The van der Waals surface area contributed by atoms with Gasteiger partial charge in [-0.3, -0.25) is 4.90 Å². The minimum Gasteiger partial charge on any atom is -0.453 e. The standard InChI is InChI=1S/C37H31NO2/c1-5-22(2)23-14-16-26-27-17-15-24(19-29(27)37(3,4)28(26)18-23)25-20-34-36-35(21-25)40-33-13-9-7-11-31(33)38(36)30-10-6-8-12-32(30)39-34/h6-22H,5H2,1-4H3. The third-order valence-electron chi connectivity index (χ3n) is 9.13. The molecular formula is C37H31NO2. The summed E-state index contributed by atoms with van der Waals surface area (Å²) >= 11 is 0. The molecule has 2 aliphatic heterocycles. The summed E-state index contributed by atoms with van der Waals surface area (Å²) in [6.07, 6.45) is 1.15. The Kier molecular flexibility index (Phi) is 4.83. The monoisotopic (exact) mass is 521 g/mol. The first-order chi connectivity index (χ1) is 19.4. The second-order valence-corrected chi connectivity index (χ2v) is 11.8. The van der Waals surface area contributed by atoms with E-state index in [0.29, 0.717) is 5.92 Å². The fraction of sp³-hybridized carbons (Fsp3) is 0.189. The maximum Gasteiger partial charge on any atom is 0.156 e. The Morgan fingerprint density at radius 2 is 1.23 bits per heavy atom. The number of para-hydroxylation sites is 4. The maximum absolute atomic E-state index is 6.51. The van der Waals surface area contributed by atoms with E-state index in [1.54, 1.807) is 0 Å². The van der Waals surface area contributed by atoms with Crippen molar-refractivity contribution >= 4 is 17.1 Å². The van der Waals surface area contributed by atoms with Crippen LogP contribution in [-0.2, 0) is 5.41 Å². The zero-order valence-electron chi connectivity index (χ0n) is 23.3. The summed E-state index contributed by atoms with van der Waals surface area (Å²) in [6, 6.07) is 34.7. The molecule has 1 unspecified atom stereocenters. The lowest BCUT2D eigenvalue weighted by molar-refractivity contribution is 0.446. The molecule has 3 nitrogen and oxygen atoms in total. The zero-order valence-corrected chi connectivity index (χ0v) is 23.3. The van der Waals surface area contributed by atoms with Crippen molar-refractivity contribution in [1.29, 1.82) is 0 Å². The average Bonchev–Trinajstić information content (AvgIpc) is 3.21. The van der Waals surface area contributed by atoms with Gasteiger partial charge in [0.1, 0.15) is 5.69 Å². The molecule has 40 heavy (non-hydrogen) atoms. The first-order valence-corrected chi connectivity index (χ1v) is 14.3. The van der Waals surface area contributed by atoms with E-state index in [0.717, 1.165) is 57.6 Å². The van der Waals surface area contributed by atoms with Crippen LogP contribution in [0, 0.1) is 0 Å². The minimum atomic E-state index is -0.0751. The Labute approximate surface area is 235 Å². The first-order valence-electron chi connectivity index (χ1n) is 14.3. The number of benzene rings is 5. The van der Waals surface area contributed by atoms with E-state index < -0.39 is 0 Å². The van der Waals surface area contributed by atoms with Crippen LogP contribution in [0.4, 0.5) is 17.1 Å². The molecular weight excluding hydrogens is 490 g/mol. The summed E-state index contributed by atoms with van der Waals surface area (Å²) in [5, 5.41) is 0. The smallest absolute Gasteiger partial charge is 0.156 e. The molecule has 0 fully saturated rings. The Morgan fingerprint density at radius 1 is 0.650 bits per heavy atom. The highest BCUT2D eigenvalue weighted by molar-refractivity contribution is 5.95. The number of nitrogens with zero attached hydrogens (tertiary/aromatic N) is 1. The molecule has 5 aromatic carbocycles. The van der Waals surface area contributed by atoms with E-state index >= 15 is 0 Å². The zero-order chi connectivity index (χ0) is 27.2. The van der Waals surface area contributed by atoms with Crippen LogP contribution in [0.25, 0.3) is 22.3 Å². The van der Waals surface area contributed by atoms with Crippen LogP contribution in [0.2, 0.25) is 0 Å². The van der Waals surface area contributed by atoms with Crippen molar-refractivity contribution in [3.8, 4) is 45.3 Å². The average molecular weight is 522 g/mol. The van der Waals surface area contributed by atoms with E-state index in [4.69, 9.17) is 9.47 Å². The highest BCUT2D eigenvalue weighted by Crippen LogP contribution is 2.60. The minimum absolute atomic E-state index is 0.0751. The van der Waals surface area contributed by atoms with Gasteiger partial charge in [0, 0.05) is 5.41 Å². The molecule has 2 heterocycles. The predicted octanol–water partition coefficient (Wildman–Crippen LogP) is 10.9. The molecule has 1 aliphatic carbocycles. The summed E-state index contributed by atoms with van der Waals surface area (Å²) in [7, 11) is 0. The van der Waals surface area contributed by atoms with E-state index in [-0.39, 0.29) is 5.41 Å². The quantitative estimate of drug-likeness (QED) is 0.231. The van der Waals surface area contributed by atoms with Gasteiger partial charge in [0.05, 0.1) is 11.4 Å². The van der Waals surface area contributed by atoms with E-state index in [1.807, 2.05) is 24.3 Å². The van der Waals surface area contributed by atoms with Crippen molar-refractivity contribution in [2.24, 2.45) is 0 Å². The molecule has 5 aromatic rings. The number of hydrogen-bond acceptors (Lipinski definition) is 3. The van der Waals surface area contributed by atoms with Gasteiger partial charge >= 0.3 is 0 Å². The molecule has 0 radical (unpaired) electrons. The van der Waals surface area contributed by atoms with Crippen LogP contribution in [0.3, 0.4) is 0 Å². The number of rotatable bonds is 3. The van der Waals surface area contributed by atoms with E-state index in [1.165, 1.54) is 27.8 Å². The largest absolute Gasteiger partial charge is 0.453 e. The van der Waals surface area contributed by atoms with Crippen molar-refractivity contribution in [3.63, 3.8) is 0 Å². The molecule has 0 saturated carbocycles. The van der Waals surface area contributed by atoms with Crippen LogP contribution in [0.5, 0.6) is 23.0 Å². The molecule has 196 valence electrons. The van der Waals surface area contributed by atoms with Gasteiger partial charge in [-0.25, -0.2) is 0 Å². The SMILES string of the molecule is CCC(C)c1ccc2c(c1)C(C)(C)c1cc(-c3cc4c5c(c3)Oc3ccccc3N5c3ccccc3O4)ccc1-2. The molecule has 1 atom stereocenters. The van der Waals surface area contributed by atoms with Crippen LogP contribution in [-0.4, -0.2) is 0 Å². The van der Waals surface area contributed by atoms with Crippen molar-refractivity contribution in [3.05, 3.63) is 114 Å². The second kappa shape index (κ2) is 8.25. The van der Waals surface area contributed by atoms with Crippen molar-refractivity contribution in [2.75, 3.05) is 4.90 Å². The van der Waals surface area contributed by atoms with Gasteiger partial charge in [0.2, 0.25) is 0 Å². The van der Waals surface area contributed by atoms with Crippen molar-refractivity contribution < 1.29 is 9.47 Å². The molecule has 0 spiro atoms. The summed E-state index contributed by atoms with van der Waals surface area (Å²) in [5.41, 5.74) is 12.1. The molecule has 3 heteroatoms. The van der Waals surface area contributed by atoms with Gasteiger partial charge in [0.25, 0.3) is 0 Å². The third-order valence-corrected chi connectivity index (χ3v) is 9.13. The van der Waals surface area contributed by atoms with Gasteiger partial charge in [-0.1, -0.05) is 82.3 Å². The Bertz CT molecular complexity index is 1780. The maximum atomic E-state index is 6.51. The molecule has 8 rings (SSSR count). The normalized spacial score (nSPS) is 15.6. The summed E-state index contributed by atoms with van der Waals surface area (Å²) in [5.74, 6) is 3.86. The van der Waals surface area contributed by atoms with E-state index in [9.17, 15) is 0 Å². The van der Waals surface area contributed by atoms with Gasteiger partial charge in [-0.2, -0.15) is 0 Å². The number of fused-ring (bicyclic) bond motifs is 7. The van der Waals surface area contributed by atoms with E-state index in [2.05, 4.69) is 105 Å². The van der Waals surface area contributed by atoms with Gasteiger partial charge in [-0.05, 0) is 93.7 Å². The van der Waals surface area contributed by atoms with Gasteiger partial charge < -0.3 is 9.47 Å². The molecule has 0 amide bonds. The number of anilines is 3. The fourth-order valence-electron chi connectivity index (χ4n) is 6.67. The van der Waals surface area contributed by atoms with Crippen LogP contribution in [0.1, 0.15) is 56.7 Å². The molecule has 0 aromatic heterocycles. The number of hydrogen-bond donors (Lipinski definition) is 0. The predicted molar refractivity (Wildman–Crippen MR) is 163 cm³/mol. The summed E-state index contributed by atoms with van der Waals surface area (Å²) in [6.45, 7) is 9.30. The highest BCUT2D eigenvalue weighted by atomic mass is 16.5. The van der Waals surface area contributed by atoms with Gasteiger partial charge in [-0.15, -0.1) is 0 Å². The lowest BCUT2D eigenvalue weighted by Crippen LogP contribution is -2.20. The molecule has 0 bridgehead atoms. The Morgan fingerprint density at radius 3 is 1.85 bits per heavy atom.